The van der Waals surface area contributed by atoms with E-state index < -0.39 is 0 Å². The lowest BCUT2D eigenvalue weighted by molar-refractivity contribution is 0.103. The number of carbonyl (C=O) groups is 1. The maximum Gasteiger partial charge on any atom is 0.193 e. The lowest BCUT2D eigenvalue weighted by Crippen LogP contribution is -2.08. The lowest BCUT2D eigenvalue weighted by Gasteiger charge is -2.13. The molecule has 0 heterocycles. The maximum absolute atomic E-state index is 12.9. The van der Waals surface area contributed by atoms with Gasteiger partial charge >= 0.3 is 0 Å². The number of hydrogen-bond donors (Lipinski definition) is 0. The van der Waals surface area contributed by atoms with Crippen molar-refractivity contribution in [3.8, 4) is 0 Å². The van der Waals surface area contributed by atoms with Gasteiger partial charge < -0.3 is 0 Å². The van der Waals surface area contributed by atoms with Crippen molar-refractivity contribution in [1.29, 1.82) is 0 Å². The summed E-state index contributed by atoms with van der Waals surface area (Å²) in [6, 6.07) is 6.40. The summed E-state index contributed by atoms with van der Waals surface area (Å²) in [5.74, 6) is -0.224. The Morgan fingerprint density at radius 2 is 1.14 bits per heavy atom. The summed E-state index contributed by atoms with van der Waals surface area (Å²) >= 11 is 31.1. The van der Waals surface area contributed by atoms with E-state index in [2.05, 4.69) is 31.9 Å². The van der Waals surface area contributed by atoms with Crippen LogP contribution in [-0.2, 0) is 10.7 Å². The highest BCUT2D eigenvalue weighted by Gasteiger charge is 2.21. The zero-order valence-electron chi connectivity index (χ0n) is 10.9. The van der Waals surface area contributed by atoms with Gasteiger partial charge in [-0.25, -0.2) is 0 Å². The SMILES string of the molecule is O=C(c1cc(Cl)cc(Cl)c1CBr)c1cc(Cl)cc(Cl)c1CBr. The van der Waals surface area contributed by atoms with Gasteiger partial charge in [-0.05, 0) is 35.4 Å². The summed E-state index contributed by atoms with van der Waals surface area (Å²) in [6.45, 7) is 0. The molecule has 2 rings (SSSR count). The Morgan fingerprint density at radius 1 is 0.773 bits per heavy atom. The minimum atomic E-state index is -0.224. The molecule has 0 bridgehead atoms. The predicted octanol–water partition coefficient (Wildman–Crippen LogP) is 7.32. The second kappa shape index (κ2) is 7.87. The van der Waals surface area contributed by atoms with E-state index in [0.717, 1.165) is 0 Å². The van der Waals surface area contributed by atoms with Gasteiger partial charge in [0.15, 0.2) is 5.78 Å². The maximum atomic E-state index is 12.9. The van der Waals surface area contributed by atoms with Crippen molar-refractivity contribution >= 4 is 84.0 Å². The number of ketones is 1. The van der Waals surface area contributed by atoms with Crippen LogP contribution in [0.5, 0.6) is 0 Å². The molecule has 22 heavy (non-hydrogen) atoms. The number of halogens is 6. The first kappa shape index (κ1) is 18.6. The van der Waals surface area contributed by atoms with Crippen LogP contribution in [0.15, 0.2) is 24.3 Å². The Kier molecular flexibility index (Phi) is 6.64. The number of alkyl halides is 2. The molecule has 0 N–H and O–H groups in total. The minimum absolute atomic E-state index is 0.224. The van der Waals surface area contributed by atoms with Crippen LogP contribution in [0.3, 0.4) is 0 Å². The molecular weight excluding hydrogens is 498 g/mol. The second-order valence-corrected chi connectivity index (χ2v) is 7.23. The van der Waals surface area contributed by atoms with Crippen LogP contribution >= 0.6 is 78.3 Å². The molecule has 1 nitrogen and oxygen atoms in total. The van der Waals surface area contributed by atoms with Crippen molar-refractivity contribution in [3.05, 3.63) is 66.6 Å². The first-order valence-electron chi connectivity index (χ1n) is 6.01. The normalized spacial score (nSPS) is 10.8. The molecule has 0 saturated carbocycles. The third-order valence-corrected chi connectivity index (χ3v) is 5.31. The average molecular weight is 506 g/mol. The zero-order valence-corrected chi connectivity index (χ0v) is 17.1. The molecule has 0 aliphatic heterocycles. The van der Waals surface area contributed by atoms with Gasteiger partial charge in [-0.1, -0.05) is 78.3 Å². The molecule has 2 aromatic carbocycles. The van der Waals surface area contributed by atoms with Crippen molar-refractivity contribution < 1.29 is 4.79 Å². The van der Waals surface area contributed by atoms with E-state index in [1.165, 1.54) is 0 Å². The van der Waals surface area contributed by atoms with Crippen LogP contribution in [0.2, 0.25) is 20.1 Å². The number of rotatable bonds is 4. The van der Waals surface area contributed by atoms with E-state index in [1.807, 2.05) is 0 Å². The molecule has 0 aromatic heterocycles. The van der Waals surface area contributed by atoms with Crippen molar-refractivity contribution in [2.24, 2.45) is 0 Å². The van der Waals surface area contributed by atoms with E-state index in [0.29, 0.717) is 53.0 Å². The van der Waals surface area contributed by atoms with Crippen molar-refractivity contribution in [2.75, 3.05) is 0 Å². The second-order valence-electron chi connectivity index (χ2n) is 4.42. The topological polar surface area (TPSA) is 17.1 Å². The van der Waals surface area contributed by atoms with Crippen LogP contribution in [0.25, 0.3) is 0 Å². The largest absolute Gasteiger partial charge is 0.289 e. The summed E-state index contributed by atoms with van der Waals surface area (Å²) in [7, 11) is 0. The standard InChI is InChI=1S/C15H8Br2Cl4O/c16-5-11-9(1-7(18)3-13(11)20)15(22)10-2-8(19)4-14(21)12(10)6-17/h1-4H,5-6H2. The van der Waals surface area contributed by atoms with Gasteiger partial charge in [0.2, 0.25) is 0 Å². The number of hydrogen-bond acceptors (Lipinski definition) is 1. The average Bonchev–Trinajstić information content (AvgIpc) is 2.45. The molecule has 7 heteroatoms. The molecule has 2 aromatic rings. The van der Waals surface area contributed by atoms with Gasteiger partial charge in [-0.15, -0.1) is 0 Å². The fourth-order valence-electron chi connectivity index (χ4n) is 2.03. The highest BCUT2D eigenvalue weighted by Crippen LogP contribution is 2.33. The van der Waals surface area contributed by atoms with Crippen LogP contribution in [0.1, 0.15) is 27.0 Å². The molecule has 0 aliphatic carbocycles. The number of benzene rings is 2. The predicted molar refractivity (Wildman–Crippen MR) is 102 cm³/mol. The third kappa shape index (κ3) is 3.82. The first-order chi connectivity index (χ1) is 10.4. The summed E-state index contributed by atoms with van der Waals surface area (Å²) in [4.78, 5) is 12.9. The van der Waals surface area contributed by atoms with Gasteiger partial charge in [-0.3, -0.25) is 4.79 Å². The molecule has 0 atom stereocenters. The molecule has 0 radical (unpaired) electrons. The van der Waals surface area contributed by atoms with Crippen LogP contribution < -0.4 is 0 Å². The quantitative estimate of drug-likeness (QED) is 0.314. The molecular formula is C15H8Br2Cl4O. The molecule has 0 aliphatic rings. The van der Waals surface area contributed by atoms with E-state index in [-0.39, 0.29) is 5.78 Å². The fourth-order valence-corrected chi connectivity index (χ4v) is 4.68. The Balaban J connectivity index is 2.68. The molecule has 0 unspecified atom stereocenters. The zero-order chi connectivity index (χ0) is 16.4. The van der Waals surface area contributed by atoms with E-state index in [4.69, 9.17) is 46.4 Å². The molecule has 116 valence electrons. The molecule has 0 spiro atoms. The smallest absolute Gasteiger partial charge is 0.193 e. The van der Waals surface area contributed by atoms with Gasteiger partial charge in [0.05, 0.1) is 0 Å². The summed E-state index contributed by atoms with van der Waals surface area (Å²) in [5, 5.41) is 2.52. The Morgan fingerprint density at radius 3 is 1.45 bits per heavy atom. The Hall–Kier alpha value is 0.230. The summed E-state index contributed by atoms with van der Waals surface area (Å²) in [6.07, 6.45) is 0. The molecule has 0 saturated heterocycles. The number of carbonyl (C=O) groups excluding carboxylic acids is 1. The van der Waals surface area contributed by atoms with Crippen LogP contribution in [0.4, 0.5) is 0 Å². The van der Waals surface area contributed by atoms with Gasteiger partial charge in [0.25, 0.3) is 0 Å². The molecule has 0 amide bonds. The van der Waals surface area contributed by atoms with Crippen molar-refractivity contribution in [3.63, 3.8) is 0 Å². The highest BCUT2D eigenvalue weighted by atomic mass is 79.9. The molecule has 0 fully saturated rings. The van der Waals surface area contributed by atoms with Crippen LogP contribution in [0, 0.1) is 0 Å². The summed E-state index contributed by atoms with van der Waals surface area (Å²) < 4.78 is 0. The van der Waals surface area contributed by atoms with E-state index >= 15 is 0 Å². The van der Waals surface area contributed by atoms with Crippen molar-refractivity contribution in [1.82, 2.24) is 0 Å². The highest BCUT2D eigenvalue weighted by molar-refractivity contribution is 9.08. The van der Waals surface area contributed by atoms with Gasteiger partial charge in [0.1, 0.15) is 0 Å². The van der Waals surface area contributed by atoms with Gasteiger partial charge in [0, 0.05) is 41.9 Å². The Bertz CT molecular complexity index is 685. The lowest BCUT2D eigenvalue weighted by atomic mass is 9.96. The van der Waals surface area contributed by atoms with Crippen molar-refractivity contribution in [2.45, 2.75) is 10.7 Å². The van der Waals surface area contributed by atoms with E-state index in [9.17, 15) is 4.79 Å². The first-order valence-corrected chi connectivity index (χ1v) is 9.77. The van der Waals surface area contributed by atoms with E-state index in [1.54, 1.807) is 24.3 Å². The van der Waals surface area contributed by atoms with Gasteiger partial charge in [-0.2, -0.15) is 0 Å². The summed E-state index contributed by atoms with van der Waals surface area (Å²) in [5.41, 5.74) is 2.20. The monoisotopic (exact) mass is 502 g/mol. The minimum Gasteiger partial charge on any atom is -0.289 e. The fraction of sp³-hybridized carbons (Fsp3) is 0.133. The third-order valence-electron chi connectivity index (χ3n) is 3.08. The Labute approximate surface area is 165 Å². The van der Waals surface area contributed by atoms with Crippen LogP contribution in [-0.4, -0.2) is 5.78 Å².